The molecule has 18 heavy (non-hydrogen) atoms. The molecule has 3 fully saturated rings. The average molecular weight is 250 g/mol. The zero-order chi connectivity index (χ0) is 12.5. The van der Waals surface area contributed by atoms with E-state index < -0.39 is 0 Å². The monoisotopic (exact) mass is 250 g/mol. The van der Waals surface area contributed by atoms with Crippen LogP contribution in [-0.2, 0) is 0 Å². The summed E-state index contributed by atoms with van der Waals surface area (Å²) in [5.74, 6) is 2.76. The van der Waals surface area contributed by atoms with E-state index in [-0.39, 0.29) is 0 Å². The molecule has 0 aliphatic carbocycles. The van der Waals surface area contributed by atoms with E-state index in [1.54, 1.807) is 0 Å². The van der Waals surface area contributed by atoms with Crippen molar-refractivity contribution in [3.05, 3.63) is 0 Å². The van der Waals surface area contributed by atoms with Crippen molar-refractivity contribution in [3.8, 4) is 0 Å². The molecule has 3 rings (SSSR count). The number of fused-ring (bicyclic) bond motifs is 4. The summed E-state index contributed by atoms with van der Waals surface area (Å²) in [4.78, 5) is 2.94. The molecule has 0 radical (unpaired) electrons. The zero-order valence-electron chi connectivity index (χ0n) is 12.2. The Labute approximate surface area is 113 Å². The maximum Gasteiger partial charge on any atom is 0.0139 e. The number of nitrogens with one attached hydrogen (secondary N) is 1. The van der Waals surface area contributed by atoms with Gasteiger partial charge in [-0.2, -0.15) is 0 Å². The molecule has 3 aliphatic heterocycles. The summed E-state index contributed by atoms with van der Waals surface area (Å²) in [6, 6.07) is 1.81. The standard InChI is InChI=1S/C16H30N2/c1-12(2)6-7-16-14-9-13(10-17-11-14)15-5-3-4-8-18(15)16/h12-17H,3-11H2,1-2H3/t13-,14+,15+,16+/m1/s1. The summed E-state index contributed by atoms with van der Waals surface area (Å²) in [6.07, 6.45) is 8.75. The number of nitrogens with zero attached hydrogens (tertiary/aromatic N) is 1. The summed E-state index contributed by atoms with van der Waals surface area (Å²) in [6.45, 7) is 8.70. The molecule has 4 atom stereocenters. The maximum absolute atomic E-state index is 3.71. The molecule has 0 amide bonds. The highest BCUT2D eigenvalue weighted by atomic mass is 15.2. The zero-order valence-corrected chi connectivity index (χ0v) is 12.2. The molecular formula is C16H30N2. The highest BCUT2D eigenvalue weighted by Crippen LogP contribution is 2.40. The van der Waals surface area contributed by atoms with Crippen molar-refractivity contribution in [1.82, 2.24) is 10.2 Å². The normalized spacial score (nSPS) is 40.8. The van der Waals surface area contributed by atoms with Crippen LogP contribution in [0.1, 0.15) is 52.4 Å². The highest BCUT2D eigenvalue weighted by molar-refractivity contribution is 4.99. The van der Waals surface area contributed by atoms with Gasteiger partial charge in [0.25, 0.3) is 0 Å². The van der Waals surface area contributed by atoms with E-state index in [9.17, 15) is 0 Å². The van der Waals surface area contributed by atoms with E-state index in [4.69, 9.17) is 0 Å². The second-order valence-electron chi connectivity index (χ2n) is 7.25. The van der Waals surface area contributed by atoms with Crippen molar-refractivity contribution in [2.75, 3.05) is 19.6 Å². The lowest BCUT2D eigenvalue weighted by atomic mass is 9.71. The molecule has 2 nitrogen and oxygen atoms in total. The molecule has 0 aromatic carbocycles. The minimum atomic E-state index is 0.863. The fourth-order valence-corrected chi connectivity index (χ4v) is 4.67. The van der Waals surface area contributed by atoms with E-state index in [0.29, 0.717) is 0 Å². The van der Waals surface area contributed by atoms with E-state index in [1.165, 1.54) is 58.2 Å². The van der Waals surface area contributed by atoms with Gasteiger partial charge in [-0.05, 0) is 69.5 Å². The Hall–Kier alpha value is -0.0800. The molecule has 1 N–H and O–H groups in total. The Morgan fingerprint density at radius 2 is 2.00 bits per heavy atom. The lowest BCUT2D eigenvalue weighted by Gasteiger charge is -2.55. The van der Waals surface area contributed by atoms with Gasteiger partial charge in [-0.25, -0.2) is 0 Å². The van der Waals surface area contributed by atoms with Gasteiger partial charge in [0.15, 0.2) is 0 Å². The van der Waals surface area contributed by atoms with Crippen LogP contribution in [0, 0.1) is 17.8 Å². The fourth-order valence-electron chi connectivity index (χ4n) is 4.67. The van der Waals surface area contributed by atoms with Crippen LogP contribution in [0.5, 0.6) is 0 Å². The Morgan fingerprint density at radius 3 is 2.83 bits per heavy atom. The molecule has 2 bridgehead atoms. The van der Waals surface area contributed by atoms with Gasteiger partial charge in [0.1, 0.15) is 0 Å². The second-order valence-corrected chi connectivity index (χ2v) is 7.25. The lowest BCUT2D eigenvalue weighted by molar-refractivity contribution is -0.0431. The van der Waals surface area contributed by atoms with Crippen molar-refractivity contribution < 1.29 is 0 Å². The first-order valence-electron chi connectivity index (χ1n) is 8.22. The minimum absolute atomic E-state index is 0.863. The molecule has 104 valence electrons. The third kappa shape index (κ3) is 2.46. The van der Waals surface area contributed by atoms with Gasteiger partial charge in [-0.15, -0.1) is 0 Å². The number of hydrogen-bond donors (Lipinski definition) is 1. The van der Waals surface area contributed by atoms with Gasteiger partial charge in [0.05, 0.1) is 0 Å². The van der Waals surface area contributed by atoms with Gasteiger partial charge >= 0.3 is 0 Å². The van der Waals surface area contributed by atoms with Crippen LogP contribution >= 0.6 is 0 Å². The number of rotatable bonds is 3. The maximum atomic E-state index is 3.71. The predicted octanol–water partition coefficient (Wildman–Crippen LogP) is 2.89. The van der Waals surface area contributed by atoms with Crippen molar-refractivity contribution in [2.24, 2.45) is 17.8 Å². The summed E-state index contributed by atoms with van der Waals surface area (Å²) >= 11 is 0. The smallest absolute Gasteiger partial charge is 0.0139 e. The second kappa shape index (κ2) is 5.50. The van der Waals surface area contributed by atoms with Gasteiger partial charge < -0.3 is 5.32 Å². The van der Waals surface area contributed by atoms with Crippen LogP contribution in [0.25, 0.3) is 0 Å². The van der Waals surface area contributed by atoms with Gasteiger partial charge in [-0.3, -0.25) is 4.90 Å². The topological polar surface area (TPSA) is 15.3 Å². The quantitative estimate of drug-likeness (QED) is 0.828. The van der Waals surface area contributed by atoms with Gasteiger partial charge in [0, 0.05) is 12.1 Å². The third-order valence-electron chi connectivity index (χ3n) is 5.56. The Bertz CT molecular complexity index is 276. The molecule has 3 saturated heterocycles. The summed E-state index contributed by atoms with van der Waals surface area (Å²) in [7, 11) is 0. The van der Waals surface area contributed by atoms with E-state index in [1.807, 2.05) is 0 Å². The Balaban J connectivity index is 1.72. The highest BCUT2D eigenvalue weighted by Gasteiger charge is 2.44. The Kier molecular flexibility index (Phi) is 3.95. The summed E-state index contributed by atoms with van der Waals surface area (Å²) < 4.78 is 0. The van der Waals surface area contributed by atoms with Gasteiger partial charge in [0.2, 0.25) is 0 Å². The first kappa shape index (κ1) is 12.9. The number of piperidine rings is 3. The predicted molar refractivity (Wildman–Crippen MR) is 76.7 cm³/mol. The van der Waals surface area contributed by atoms with Crippen molar-refractivity contribution in [2.45, 2.75) is 64.5 Å². The van der Waals surface area contributed by atoms with Crippen LogP contribution in [-0.4, -0.2) is 36.6 Å². The van der Waals surface area contributed by atoms with Crippen LogP contribution in [0.15, 0.2) is 0 Å². The van der Waals surface area contributed by atoms with Crippen LogP contribution in [0.3, 0.4) is 0 Å². The number of hydrogen-bond acceptors (Lipinski definition) is 2. The molecule has 0 unspecified atom stereocenters. The van der Waals surface area contributed by atoms with Crippen molar-refractivity contribution >= 4 is 0 Å². The van der Waals surface area contributed by atoms with E-state index in [2.05, 4.69) is 24.1 Å². The van der Waals surface area contributed by atoms with Crippen LogP contribution in [0.4, 0.5) is 0 Å². The van der Waals surface area contributed by atoms with E-state index in [0.717, 1.165) is 29.8 Å². The largest absolute Gasteiger partial charge is 0.316 e. The summed E-state index contributed by atoms with van der Waals surface area (Å²) in [5.41, 5.74) is 0. The van der Waals surface area contributed by atoms with Gasteiger partial charge in [-0.1, -0.05) is 20.3 Å². The van der Waals surface area contributed by atoms with E-state index >= 15 is 0 Å². The third-order valence-corrected chi connectivity index (χ3v) is 5.56. The Morgan fingerprint density at radius 1 is 1.17 bits per heavy atom. The minimum Gasteiger partial charge on any atom is -0.316 e. The molecule has 0 spiro atoms. The van der Waals surface area contributed by atoms with Crippen molar-refractivity contribution in [1.29, 1.82) is 0 Å². The SMILES string of the molecule is CC(C)CC[C@H]1[C@@H]2CNC[C@@H](C2)[C@@H]2CCCCN12. The molecule has 0 aromatic rings. The average Bonchev–Trinajstić information content (AvgIpc) is 2.39. The van der Waals surface area contributed by atoms with Crippen LogP contribution in [0.2, 0.25) is 0 Å². The lowest BCUT2D eigenvalue weighted by Crippen LogP contribution is -2.62. The van der Waals surface area contributed by atoms with Crippen LogP contribution < -0.4 is 5.32 Å². The summed E-state index contributed by atoms with van der Waals surface area (Å²) in [5, 5.41) is 3.71. The molecule has 3 heterocycles. The molecule has 3 aliphatic rings. The molecule has 0 aromatic heterocycles. The first-order chi connectivity index (χ1) is 8.75. The molecular weight excluding hydrogens is 220 g/mol. The fraction of sp³-hybridized carbons (Fsp3) is 1.00. The first-order valence-corrected chi connectivity index (χ1v) is 8.22. The molecule has 2 heteroatoms. The van der Waals surface area contributed by atoms with Crippen molar-refractivity contribution in [3.63, 3.8) is 0 Å². The molecule has 0 saturated carbocycles.